The van der Waals surface area contributed by atoms with Crippen LogP contribution in [0.15, 0.2) is 18.7 Å². The maximum absolute atomic E-state index is 11.1. The van der Waals surface area contributed by atoms with Crippen molar-refractivity contribution in [3.8, 4) is 11.5 Å². The van der Waals surface area contributed by atoms with Gasteiger partial charge in [-0.2, -0.15) is 0 Å². The molecule has 0 aromatic carbocycles. The van der Waals surface area contributed by atoms with E-state index in [2.05, 4.69) is 15.0 Å². The molecule has 94 valence electrons. The predicted octanol–water partition coefficient (Wildman–Crippen LogP) is 1.53. The molecule has 0 aliphatic heterocycles. The van der Waals surface area contributed by atoms with Crippen LogP contribution in [-0.2, 0) is 13.5 Å². The first-order valence-electron chi connectivity index (χ1n) is 5.69. The summed E-state index contributed by atoms with van der Waals surface area (Å²) in [6.07, 6.45) is 6.13. The van der Waals surface area contributed by atoms with E-state index in [4.69, 9.17) is 5.11 Å². The van der Waals surface area contributed by atoms with Crippen molar-refractivity contribution in [3.63, 3.8) is 0 Å². The Morgan fingerprint density at radius 2 is 2.22 bits per heavy atom. The monoisotopic (exact) mass is 246 g/mol. The smallest absolute Gasteiger partial charge is 0.339 e. The van der Waals surface area contributed by atoms with Gasteiger partial charge < -0.3 is 9.67 Å². The van der Waals surface area contributed by atoms with Gasteiger partial charge in [-0.25, -0.2) is 19.7 Å². The zero-order valence-corrected chi connectivity index (χ0v) is 10.3. The van der Waals surface area contributed by atoms with Crippen molar-refractivity contribution in [3.05, 3.63) is 30.0 Å². The molecule has 0 unspecified atom stereocenters. The van der Waals surface area contributed by atoms with Gasteiger partial charge >= 0.3 is 5.97 Å². The fourth-order valence-corrected chi connectivity index (χ4v) is 1.72. The summed E-state index contributed by atoms with van der Waals surface area (Å²) in [7, 11) is 1.84. The molecule has 0 atom stereocenters. The summed E-state index contributed by atoms with van der Waals surface area (Å²) >= 11 is 0. The number of nitrogens with zero attached hydrogens (tertiary/aromatic N) is 4. The molecule has 0 aliphatic carbocycles. The first-order chi connectivity index (χ1) is 8.63. The van der Waals surface area contributed by atoms with Gasteiger partial charge in [-0.15, -0.1) is 0 Å². The Kier molecular flexibility index (Phi) is 3.36. The molecule has 6 nitrogen and oxygen atoms in total. The second kappa shape index (κ2) is 4.95. The quantitative estimate of drug-likeness (QED) is 0.884. The SMILES string of the molecule is CCCc1nc(-c2cncn2C)ncc1C(=O)O. The first kappa shape index (κ1) is 12.2. The van der Waals surface area contributed by atoms with Crippen LogP contribution in [-0.4, -0.2) is 30.6 Å². The Hall–Kier alpha value is -2.24. The summed E-state index contributed by atoms with van der Waals surface area (Å²) in [5.74, 6) is -0.488. The molecule has 0 aliphatic rings. The molecule has 0 saturated heterocycles. The second-order valence-electron chi connectivity index (χ2n) is 4.00. The topological polar surface area (TPSA) is 80.9 Å². The van der Waals surface area contributed by atoms with Gasteiger partial charge in [0, 0.05) is 13.2 Å². The molecule has 0 saturated carbocycles. The summed E-state index contributed by atoms with van der Waals surface area (Å²) in [6.45, 7) is 1.98. The number of hydrogen-bond donors (Lipinski definition) is 1. The lowest BCUT2D eigenvalue weighted by Crippen LogP contribution is -2.08. The molecule has 0 fully saturated rings. The van der Waals surface area contributed by atoms with E-state index in [0.717, 1.165) is 12.1 Å². The van der Waals surface area contributed by atoms with Gasteiger partial charge in [0.05, 0.1) is 23.8 Å². The van der Waals surface area contributed by atoms with Crippen LogP contribution in [0.25, 0.3) is 11.5 Å². The number of aromatic nitrogens is 4. The van der Waals surface area contributed by atoms with Crippen LogP contribution in [0.5, 0.6) is 0 Å². The number of aryl methyl sites for hydroxylation is 2. The summed E-state index contributed by atoms with van der Waals surface area (Å²) < 4.78 is 1.80. The number of rotatable bonds is 4. The predicted molar refractivity (Wildman–Crippen MR) is 65.2 cm³/mol. The molecular formula is C12H14N4O2. The fourth-order valence-electron chi connectivity index (χ4n) is 1.72. The lowest BCUT2D eigenvalue weighted by Gasteiger charge is -2.06. The lowest BCUT2D eigenvalue weighted by molar-refractivity contribution is 0.0694. The highest BCUT2D eigenvalue weighted by Gasteiger charge is 2.14. The van der Waals surface area contributed by atoms with Crippen LogP contribution in [0.1, 0.15) is 29.4 Å². The van der Waals surface area contributed by atoms with Crippen molar-refractivity contribution in [1.82, 2.24) is 19.5 Å². The number of hydrogen-bond acceptors (Lipinski definition) is 4. The van der Waals surface area contributed by atoms with Crippen LogP contribution in [0.3, 0.4) is 0 Å². The second-order valence-corrected chi connectivity index (χ2v) is 4.00. The van der Waals surface area contributed by atoms with E-state index in [1.807, 2.05) is 14.0 Å². The van der Waals surface area contributed by atoms with Crippen molar-refractivity contribution in [1.29, 1.82) is 0 Å². The van der Waals surface area contributed by atoms with Crippen molar-refractivity contribution >= 4 is 5.97 Å². The minimum absolute atomic E-state index is 0.169. The molecule has 2 rings (SSSR count). The average molecular weight is 246 g/mol. The van der Waals surface area contributed by atoms with E-state index in [9.17, 15) is 4.79 Å². The minimum Gasteiger partial charge on any atom is -0.478 e. The van der Waals surface area contributed by atoms with E-state index in [1.54, 1.807) is 17.1 Å². The zero-order valence-electron chi connectivity index (χ0n) is 10.3. The van der Waals surface area contributed by atoms with Gasteiger partial charge in [0.25, 0.3) is 0 Å². The molecule has 1 N–H and O–H groups in total. The third-order valence-corrected chi connectivity index (χ3v) is 2.63. The van der Waals surface area contributed by atoms with Crippen LogP contribution >= 0.6 is 0 Å². The highest BCUT2D eigenvalue weighted by Crippen LogP contribution is 2.16. The van der Waals surface area contributed by atoms with Crippen molar-refractivity contribution in [2.75, 3.05) is 0 Å². The molecule has 0 amide bonds. The Labute approximate surface area is 104 Å². The molecule has 0 bridgehead atoms. The van der Waals surface area contributed by atoms with Gasteiger partial charge in [-0.3, -0.25) is 0 Å². The molecule has 2 heterocycles. The molecule has 6 heteroatoms. The highest BCUT2D eigenvalue weighted by molar-refractivity contribution is 5.88. The number of imidazole rings is 1. The normalized spacial score (nSPS) is 10.6. The summed E-state index contributed by atoms with van der Waals surface area (Å²) in [6, 6.07) is 0. The third-order valence-electron chi connectivity index (χ3n) is 2.63. The van der Waals surface area contributed by atoms with E-state index in [0.29, 0.717) is 17.9 Å². The summed E-state index contributed by atoms with van der Waals surface area (Å²) in [5.41, 5.74) is 1.50. The molecule has 18 heavy (non-hydrogen) atoms. The largest absolute Gasteiger partial charge is 0.478 e. The molecule has 0 radical (unpaired) electrons. The van der Waals surface area contributed by atoms with Crippen molar-refractivity contribution < 1.29 is 9.90 Å². The Morgan fingerprint density at radius 3 is 2.78 bits per heavy atom. The van der Waals surface area contributed by atoms with Gasteiger partial charge in [0.2, 0.25) is 0 Å². The van der Waals surface area contributed by atoms with Gasteiger partial charge in [0.15, 0.2) is 5.82 Å². The number of carboxylic acid groups (broad SMARTS) is 1. The van der Waals surface area contributed by atoms with Crippen molar-refractivity contribution in [2.24, 2.45) is 7.05 Å². The first-order valence-corrected chi connectivity index (χ1v) is 5.69. The Morgan fingerprint density at radius 1 is 1.44 bits per heavy atom. The fraction of sp³-hybridized carbons (Fsp3) is 0.333. The molecule has 2 aromatic heterocycles. The molecule has 2 aromatic rings. The Balaban J connectivity index is 2.49. The average Bonchev–Trinajstić information content (AvgIpc) is 2.75. The van der Waals surface area contributed by atoms with Gasteiger partial charge in [0.1, 0.15) is 5.69 Å². The highest BCUT2D eigenvalue weighted by atomic mass is 16.4. The maximum atomic E-state index is 11.1. The minimum atomic E-state index is -0.991. The molecule has 0 spiro atoms. The third kappa shape index (κ3) is 2.22. The maximum Gasteiger partial charge on any atom is 0.339 e. The number of aromatic carboxylic acids is 1. The van der Waals surface area contributed by atoms with E-state index in [-0.39, 0.29) is 5.56 Å². The standard InChI is InChI=1S/C12H14N4O2/c1-3-4-9-8(12(17)18)5-14-11(15-9)10-6-13-7-16(10)2/h5-7H,3-4H2,1-2H3,(H,17,18). The number of carboxylic acids is 1. The summed E-state index contributed by atoms with van der Waals surface area (Å²) in [4.78, 5) is 23.5. The van der Waals surface area contributed by atoms with E-state index < -0.39 is 5.97 Å². The van der Waals surface area contributed by atoms with Crippen LogP contribution < -0.4 is 0 Å². The Bertz CT molecular complexity index is 577. The number of carbonyl (C=O) groups is 1. The molecular weight excluding hydrogens is 232 g/mol. The van der Waals surface area contributed by atoms with E-state index >= 15 is 0 Å². The zero-order chi connectivity index (χ0) is 13.1. The van der Waals surface area contributed by atoms with Crippen LogP contribution in [0.4, 0.5) is 0 Å². The van der Waals surface area contributed by atoms with Gasteiger partial charge in [-0.1, -0.05) is 13.3 Å². The summed E-state index contributed by atoms with van der Waals surface area (Å²) in [5, 5.41) is 9.07. The van der Waals surface area contributed by atoms with Gasteiger partial charge in [-0.05, 0) is 6.42 Å². The lowest BCUT2D eigenvalue weighted by atomic mass is 10.1. The van der Waals surface area contributed by atoms with Crippen LogP contribution in [0, 0.1) is 0 Å². The van der Waals surface area contributed by atoms with Crippen molar-refractivity contribution in [2.45, 2.75) is 19.8 Å². The van der Waals surface area contributed by atoms with Crippen LogP contribution in [0.2, 0.25) is 0 Å². The van der Waals surface area contributed by atoms with E-state index in [1.165, 1.54) is 6.20 Å².